The molecular weight excluding hydrogens is 314 g/mol. The first-order chi connectivity index (χ1) is 10.9. The van der Waals surface area contributed by atoms with Crippen LogP contribution in [-0.4, -0.2) is 37.3 Å². The summed E-state index contributed by atoms with van der Waals surface area (Å²) in [4.78, 5) is 11.4. The number of esters is 1. The molecule has 6 heteroatoms. The molecule has 0 aliphatic heterocycles. The van der Waals surface area contributed by atoms with Crippen LogP contribution in [0.1, 0.15) is 26.7 Å². The zero-order valence-corrected chi connectivity index (χ0v) is 15.1. The number of methoxy groups -OCH3 is 1. The summed E-state index contributed by atoms with van der Waals surface area (Å²) < 4.78 is 9.64. The highest BCUT2D eigenvalue weighted by Gasteiger charge is 1.93. The van der Waals surface area contributed by atoms with Gasteiger partial charge in [-0.2, -0.15) is 0 Å². The smallest absolute Gasteiger partial charge is 0.302 e. The van der Waals surface area contributed by atoms with Crippen molar-refractivity contribution in [3.8, 4) is 5.75 Å². The van der Waals surface area contributed by atoms with Gasteiger partial charge in [-0.15, -0.1) is 11.8 Å². The molecule has 0 aromatic heterocycles. The second-order valence-corrected chi connectivity index (χ2v) is 5.06. The molecule has 0 heterocycles. The molecule has 23 heavy (non-hydrogen) atoms. The van der Waals surface area contributed by atoms with Crippen molar-refractivity contribution in [3.63, 3.8) is 0 Å². The van der Waals surface area contributed by atoms with E-state index in [2.05, 4.69) is 23.6 Å². The van der Waals surface area contributed by atoms with E-state index in [-0.39, 0.29) is 11.7 Å². The minimum absolute atomic E-state index is 0.132. The van der Waals surface area contributed by atoms with Gasteiger partial charge in [0.25, 0.3) is 0 Å². The molecule has 0 aliphatic rings. The first-order valence-corrected chi connectivity index (χ1v) is 8.26. The van der Waals surface area contributed by atoms with E-state index in [0.29, 0.717) is 19.4 Å². The predicted octanol–water partition coefficient (Wildman–Crippen LogP) is 4.47. The molecule has 0 spiro atoms. The third kappa shape index (κ3) is 18.0. The fourth-order valence-electron chi connectivity index (χ4n) is 1.22. The number of aliphatic hydroxyl groups excluding tert-OH is 1. The van der Waals surface area contributed by atoms with Gasteiger partial charge < -0.3 is 20.0 Å². The number of hydrogen-bond donors (Lipinski definition) is 2. The number of hydrogen-bond acceptors (Lipinski definition) is 6. The van der Waals surface area contributed by atoms with Gasteiger partial charge in [0.15, 0.2) is 0 Å². The molecule has 0 aliphatic carbocycles. The Morgan fingerprint density at radius 1 is 1.48 bits per heavy atom. The van der Waals surface area contributed by atoms with Gasteiger partial charge in [-0.3, -0.25) is 4.79 Å². The maximum Gasteiger partial charge on any atom is 0.302 e. The van der Waals surface area contributed by atoms with Gasteiger partial charge in [-0.05, 0) is 44.0 Å². The Labute approximate surface area is 143 Å². The summed E-state index contributed by atoms with van der Waals surface area (Å²) in [5, 5.41) is 14.7. The summed E-state index contributed by atoms with van der Waals surface area (Å²) in [5.41, 5.74) is 0. The molecule has 0 fully saturated rings. The zero-order valence-electron chi connectivity index (χ0n) is 14.3. The first kappa shape index (κ1) is 23.3. The van der Waals surface area contributed by atoms with Crippen LogP contribution in [0, 0.1) is 5.41 Å². The summed E-state index contributed by atoms with van der Waals surface area (Å²) in [6.45, 7) is 6.66. The highest BCUT2D eigenvalue weighted by Crippen LogP contribution is 2.19. The van der Waals surface area contributed by atoms with Gasteiger partial charge in [-0.25, -0.2) is 0 Å². The largest absolute Gasteiger partial charge is 0.513 e. The van der Waals surface area contributed by atoms with Crippen LogP contribution in [0.25, 0.3) is 0 Å². The molecule has 130 valence electrons. The van der Waals surface area contributed by atoms with E-state index < -0.39 is 0 Å². The quantitative estimate of drug-likeness (QED) is 0.262. The topological polar surface area (TPSA) is 79.6 Å². The maximum atomic E-state index is 10.2. The standard InChI is InChI=1S/C8H10OS.C7H12O3.C2H5N/c1-9-7-4-3-5-8(6-7)10-2;1-6(8)4-3-5-10-7(2)9;1-2-3/h3-6H,1-2H3;8H,1,3-5H2,2H3;2-3H,1H3. The zero-order chi connectivity index (χ0) is 18.1. The van der Waals surface area contributed by atoms with E-state index in [9.17, 15) is 4.79 Å². The van der Waals surface area contributed by atoms with Crippen LogP contribution in [-0.2, 0) is 9.53 Å². The lowest BCUT2D eigenvalue weighted by Gasteiger charge is -1.99. The third-order valence-corrected chi connectivity index (χ3v) is 2.92. The van der Waals surface area contributed by atoms with Crippen LogP contribution in [0.4, 0.5) is 0 Å². The van der Waals surface area contributed by atoms with E-state index >= 15 is 0 Å². The van der Waals surface area contributed by atoms with E-state index in [1.807, 2.05) is 18.2 Å². The fourth-order valence-corrected chi connectivity index (χ4v) is 1.67. The molecular formula is C17H27NO4S. The Hall–Kier alpha value is -1.95. The number of rotatable bonds is 6. The number of aliphatic hydroxyl groups is 1. The van der Waals surface area contributed by atoms with Crippen molar-refractivity contribution in [2.24, 2.45) is 0 Å². The van der Waals surface area contributed by atoms with Crippen LogP contribution in [0.5, 0.6) is 5.75 Å². The van der Waals surface area contributed by atoms with E-state index in [1.54, 1.807) is 25.8 Å². The van der Waals surface area contributed by atoms with Gasteiger partial charge in [0, 0.05) is 18.2 Å². The number of carbonyl (C=O) groups is 1. The van der Waals surface area contributed by atoms with Crippen molar-refractivity contribution in [2.75, 3.05) is 20.0 Å². The summed E-state index contributed by atoms with van der Waals surface area (Å²) in [6.07, 6.45) is 4.43. The Balaban J connectivity index is 0. The van der Waals surface area contributed by atoms with Crippen LogP contribution < -0.4 is 4.74 Å². The number of ether oxygens (including phenoxy) is 2. The van der Waals surface area contributed by atoms with Crippen molar-refractivity contribution in [3.05, 3.63) is 36.6 Å². The molecule has 2 N–H and O–H groups in total. The summed E-state index contributed by atoms with van der Waals surface area (Å²) in [6, 6.07) is 8.02. The van der Waals surface area contributed by atoms with E-state index in [0.717, 1.165) is 5.75 Å². The minimum Gasteiger partial charge on any atom is -0.513 e. The summed E-state index contributed by atoms with van der Waals surface area (Å²) in [5.74, 6) is 0.766. The summed E-state index contributed by atoms with van der Waals surface area (Å²) in [7, 11) is 1.68. The minimum atomic E-state index is -0.288. The van der Waals surface area contributed by atoms with Gasteiger partial charge in [-0.1, -0.05) is 12.6 Å². The summed E-state index contributed by atoms with van der Waals surface area (Å²) >= 11 is 1.72. The normalized spacial score (nSPS) is 8.52. The van der Waals surface area contributed by atoms with Gasteiger partial charge in [0.05, 0.1) is 19.5 Å². The van der Waals surface area contributed by atoms with Crippen molar-refractivity contribution >= 4 is 23.9 Å². The van der Waals surface area contributed by atoms with E-state index in [1.165, 1.54) is 18.0 Å². The SMILES string of the molecule is C=C(O)CCCOC(C)=O.CC=N.COc1cccc(SC)c1. The highest BCUT2D eigenvalue weighted by atomic mass is 32.2. The van der Waals surface area contributed by atoms with Crippen LogP contribution in [0.15, 0.2) is 41.5 Å². The lowest BCUT2D eigenvalue weighted by atomic mass is 10.3. The maximum absolute atomic E-state index is 10.2. The lowest BCUT2D eigenvalue weighted by molar-refractivity contribution is -0.141. The van der Waals surface area contributed by atoms with Gasteiger partial charge >= 0.3 is 5.97 Å². The van der Waals surface area contributed by atoms with E-state index in [4.69, 9.17) is 15.3 Å². The Morgan fingerprint density at radius 3 is 2.52 bits per heavy atom. The number of nitrogens with one attached hydrogen (secondary N) is 1. The van der Waals surface area contributed by atoms with Crippen molar-refractivity contribution in [1.29, 1.82) is 5.41 Å². The average molecular weight is 341 g/mol. The molecule has 0 amide bonds. The van der Waals surface area contributed by atoms with Crippen LogP contribution in [0.3, 0.4) is 0 Å². The lowest BCUT2D eigenvalue weighted by Crippen LogP contribution is -2.00. The molecule has 0 saturated heterocycles. The van der Waals surface area contributed by atoms with Gasteiger partial charge in [0.1, 0.15) is 5.75 Å². The predicted molar refractivity (Wildman–Crippen MR) is 96.9 cm³/mol. The first-order valence-electron chi connectivity index (χ1n) is 7.04. The number of allylic oxidation sites excluding steroid dienone is 1. The monoisotopic (exact) mass is 341 g/mol. The Kier molecular flexibility index (Phi) is 16.6. The Bertz CT molecular complexity index is 428. The average Bonchev–Trinajstić information content (AvgIpc) is 2.52. The van der Waals surface area contributed by atoms with Gasteiger partial charge in [0.2, 0.25) is 0 Å². The molecule has 1 aromatic carbocycles. The van der Waals surface area contributed by atoms with Crippen molar-refractivity contribution in [1.82, 2.24) is 0 Å². The highest BCUT2D eigenvalue weighted by molar-refractivity contribution is 7.98. The van der Waals surface area contributed by atoms with Crippen molar-refractivity contribution < 1.29 is 19.4 Å². The molecule has 0 unspecified atom stereocenters. The number of benzene rings is 1. The van der Waals surface area contributed by atoms with Crippen LogP contribution >= 0.6 is 11.8 Å². The number of thioether (sulfide) groups is 1. The molecule has 0 saturated carbocycles. The fraction of sp³-hybridized carbons (Fsp3) is 0.412. The molecule has 1 rings (SSSR count). The second kappa shape index (κ2) is 16.4. The molecule has 0 radical (unpaired) electrons. The number of carbonyl (C=O) groups excluding carboxylic acids is 1. The molecule has 1 aromatic rings. The van der Waals surface area contributed by atoms with Crippen LogP contribution in [0.2, 0.25) is 0 Å². The molecule has 0 bridgehead atoms. The molecule has 0 atom stereocenters. The third-order valence-electron chi connectivity index (χ3n) is 2.19. The molecule has 5 nitrogen and oxygen atoms in total. The Morgan fingerprint density at radius 2 is 2.09 bits per heavy atom. The van der Waals surface area contributed by atoms with Crippen molar-refractivity contribution in [2.45, 2.75) is 31.6 Å². The second-order valence-electron chi connectivity index (χ2n) is 4.18.